The molecule has 6 rings (SSSR count). The first-order valence-electron chi connectivity index (χ1n) is 11.8. The minimum atomic E-state index is -0.691. The van der Waals surface area contributed by atoms with Crippen LogP contribution in [0.1, 0.15) is 30.9 Å². The van der Waals surface area contributed by atoms with Crippen molar-refractivity contribution >= 4 is 28.4 Å². The van der Waals surface area contributed by atoms with Gasteiger partial charge in [-0.05, 0) is 66.9 Å². The van der Waals surface area contributed by atoms with Crippen LogP contribution in [0.4, 0.5) is 10.1 Å². The fourth-order valence-electron chi connectivity index (χ4n) is 5.53. The standard InChI is InChI=1S/C27H24FN5O3/c1-36-23-13-16(8-11-30-23)25-21(27(9-10-27)26(29)35)14-24(34)32(25)20-6-7-22-17(12-20)15-31-33(22)19-4-2-18(28)3-5-19/h2-8,11-13,15,21,25H,9-10,14H2,1H3,(H2,29,35)/t21-,25+/m1/s1. The van der Waals surface area contributed by atoms with Gasteiger partial charge in [-0.1, -0.05) is 0 Å². The van der Waals surface area contributed by atoms with E-state index in [0.29, 0.717) is 24.4 Å². The minimum absolute atomic E-state index is 0.0708. The van der Waals surface area contributed by atoms with Crippen molar-refractivity contribution in [2.24, 2.45) is 17.1 Å². The van der Waals surface area contributed by atoms with E-state index < -0.39 is 11.5 Å². The van der Waals surface area contributed by atoms with Gasteiger partial charge in [0.2, 0.25) is 17.7 Å². The van der Waals surface area contributed by atoms with Gasteiger partial charge in [0.15, 0.2) is 0 Å². The number of anilines is 1. The zero-order valence-electron chi connectivity index (χ0n) is 19.6. The molecular weight excluding hydrogens is 461 g/mol. The number of rotatable bonds is 6. The summed E-state index contributed by atoms with van der Waals surface area (Å²) < 4.78 is 20.5. The molecule has 2 aromatic heterocycles. The monoisotopic (exact) mass is 485 g/mol. The predicted molar refractivity (Wildman–Crippen MR) is 131 cm³/mol. The smallest absolute Gasteiger partial charge is 0.227 e. The fourth-order valence-corrected chi connectivity index (χ4v) is 5.53. The zero-order chi connectivity index (χ0) is 25.0. The van der Waals surface area contributed by atoms with E-state index in [2.05, 4.69) is 10.1 Å². The number of fused-ring (bicyclic) bond motifs is 1. The highest BCUT2D eigenvalue weighted by Gasteiger charge is 2.61. The van der Waals surface area contributed by atoms with E-state index >= 15 is 0 Å². The maximum absolute atomic E-state index is 13.5. The van der Waals surface area contributed by atoms with Gasteiger partial charge in [0.05, 0.1) is 36.0 Å². The normalized spacial score (nSPS) is 20.6. The highest BCUT2D eigenvalue weighted by molar-refractivity contribution is 6.00. The summed E-state index contributed by atoms with van der Waals surface area (Å²) in [5.41, 5.74) is 8.25. The van der Waals surface area contributed by atoms with Crippen LogP contribution >= 0.6 is 0 Å². The van der Waals surface area contributed by atoms with Crippen LogP contribution in [0.25, 0.3) is 16.6 Å². The molecule has 2 fully saturated rings. The molecule has 182 valence electrons. The number of hydrogen-bond donors (Lipinski definition) is 1. The molecule has 36 heavy (non-hydrogen) atoms. The summed E-state index contributed by atoms with van der Waals surface area (Å²) in [6, 6.07) is 15.1. The lowest BCUT2D eigenvalue weighted by atomic mass is 9.80. The number of pyridine rings is 1. The summed E-state index contributed by atoms with van der Waals surface area (Å²) in [6.07, 6.45) is 4.94. The van der Waals surface area contributed by atoms with Crippen molar-refractivity contribution in [1.82, 2.24) is 14.8 Å². The van der Waals surface area contributed by atoms with Gasteiger partial charge in [-0.25, -0.2) is 14.1 Å². The molecule has 2 aliphatic rings. The van der Waals surface area contributed by atoms with Gasteiger partial charge in [-0.2, -0.15) is 5.10 Å². The Morgan fingerprint density at radius 2 is 1.86 bits per heavy atom. The van der Waals surface area contributed by atoms with Gasteiger partial charge in [0.25, 0.3) is 0 Å². The number of amides is 2. The van der Waals surface area contributed by atoms with Crippen LogP contribution in [0.5, 0.6) is 5.88 Å². The predicted octanol–water partition coefficient (Wildman–Crippen LogP) is 3.93. The van der Waals surface area contributed by atoms with Crippen molar-refractivity contribution < 1.29 is 18.7 Å². The van der Waals surface area contributed by atoms with Crippen LogP contribution in [-0.4, -0.2) is 33.7 Å². The largest absolute Gasteiger partial charge is 0.481 e. The van der Waals surface area contributed by atoms with E-state index in [4.69, 9.17) is 10.5 Å². The second kappa shape index (κ2) is 8.15. The third kappa shape index (κ3) is 3.42. The summed E-state index contributed by atoms with van der Waals surface area (Å²) in [5.74, 6) is -0.566. The Morgan fingerprint density at radius 1 is 1.11 bits per heavy atom. The van der Waals surface area contributed by atoms with E-state index in [1.54, 1.807) is 41.2 Å². The van der Waals surface area contributed by atoms with Crippen LogP contribution in [0.3, 0.4) is 0 Å². The molecule has 0 radical (unpaired) electrons. The average Bonchev–Trinajstić information content (AvgIpc) is 3.48. The third-order valence-electron chi connectivity index (χ3n) is 7.52. The lowest BCUT2D eigenvalue weighted by Gasteiger charge is -2.32. The number of halogens is 1. The number of aromatic nitrogens is 3. The zero-order valence-corrected chi connectivity index (χ0v) is 19.6. The first-order valence-corrected chi connectivity index (χ1v) is 11.8. The molecule has 1 aliphatic heterocycles. The summed E-state index contributed by atoms with van der Waals surface area (Å²) in [6.45, 7) is 0. The molecule has 0 unspecified atom stereocenters. The number of benzene rings is 2. The molecule has 3 heterocycles. The first kappa shape index (κ1) is 22.2. The maximum atomic E-state index is 13.5. The lowest BCUT2D eigenvalue weighted by molar-refractivity contribution is -0.125. The van der Waals surface area contributed by atoms with Gasteiger partial charge in [-0.3, -0.25) is 9.59 Å². The van der Waals surface area contributed by atoms with Crippen LogP contribution in [0.15, 0.2) is 67.0 Å². The van der Waals surface area contributed by atoms with E-state index in [1.165, 1.54) is 12.1 Å². The van der Waals surface area contributed by atoms with E-state index in [9.17, 15) is 14.0 Å². The second-order valence-electron chi connectivity index (χ2n) is 9.45. The Labute approximate surface area is 206 Å². The van der Waals surface area contributed by atoms with E-state index in [0.717, 1.165) is 22.2 Å². The van der Waals surface area contributed by atoms with Crippen molar-refractivity contribution in [1.29, 1.82) is 0 Å². The lowest BCUT2D eigenvalue weighted by Crippen LogP contribution is -2.36. The molecule has 9 heteroatoms. The summed E-state index contributed by atoms with van der Waals surface area (Å²) in [7, 11) is 1.54. The van der Waals surface area contributed by atoms with Crippen molar-refractivity contribution in [2.75, 3.05) is 12.0 Å². The van der Waals surface area contributed by atoms with E-state index in [1.807, 2.05) is 30.3 Å². The summed E-state index contributed by atoms with van der Waals surface area (Å²) >= 11 is 0. The Hall–Kier alpha value is -4.27. The molecule has 4 aromatic rings. The number of nitrogens with zero attached hydrogens (tertiary/aromatic N) is 4. The molecule has 1 saturated carbocycles. The fraction of sp³-hybridized carbons (Fsp3) is 0.259. The van der Waals surface area contributed by atoms with Crippen molar-refractivity contribution in [3.63, 3.8) is 0 Å². The van der Waals surface area contributed by atoms with Gasteiger partial charge in [0.1, 0.15) is 5.82 Å². The SMILES string of the molecule is COc1cc([C@H]2[C@H](C3(C(N)=O)CC3)CC(=O)N2c2ccc3c(cnn3-c3ccc(F)cc3)c2)ccn1. The number of carbonyl (C=O) groups excluding carboxylic acids is 2. The third-order valence-corrected chi connectivity index (χ3v) is 7.52. The molecule has 8 nitrogen and oxygen atoms in total. The second-order valence-corrected chi connectivity index (χ2v) is 9.45. The number of hydrogen-bond acceptors (Lipinski definition) is 5. The Kier molecular flexibility index (Phi) is 5.03. The highest BCUT2D eigenvalue weighted by Crippen LogP contribution is 2.61. The van der Waals surface area contributed by atoms with E-state index in [-0.39, 0.29) is 30.0 Å². The number of primary amides is 1. The minimum Gasteiger partial charge on any atom is -0.481 e. The first-order chi connectivity index (χ1) is 17.4. The van der Waals surface area contributed by atoms with Crippen LogP contribution in [0, 0.1) is 17.2 Å². The van der Waals surface area contributed by atoms with Gasteiger partial charge in [0, 0.05) is 35.7 Å². The Bertz CT molecular complexity index is 1500. The summed E-state index contributed by atoms with van der Waals surface area (Å²) in [4.78, 5) is 31.9. The molecule has 2 N–H and O–H groups in total. The van der Waals surface area contributed by atoms with Crippen molar-refractivity contribution in [2.45, 2.75) is 25.3 Å². The Morgan fingerprint density at radius 3 is 2.56 bits per heavy atom. The van der Waals surface area contributed by atoms with Crippen molar-refractivity contribution in [3.8, 4) is 11.6 Å². The van der Waals surface area contributed by atoms with Crippen LogP contribution in [0.2, 0.25) is 0 Å². The number of methoxy groups -OCH3 is 1. The van der Waals surface area contributed by atoms with Gasteiger partial charge < -0.3 is 15.4 Å². The summed E-state index contributed by atoms with van der Waals surface area (Å²) in [5, 5.41) is 5.30. The highest BCUT2D eigenvalue weighted by atomic mass is 19.1. The number of ether oxygens (including phenoxy) is 1. The van der Waals surface area contributed by atoms with Gasteiger partial charge in [-0.15, -0.1) is 0 Å². The Balaban J connectivity index is 1.44. The molecule has 1 aliphatic carbocycles. The molecule has 2 aromatic carbocycles. The topological polar surface area (TPSA) is 103 Å². The van der Waals surface area contributed by atoms with Gasteiger partial charge >= 0.3 is 0 Å². The molecular formula is C27H24FN5O3. The molecule has 1 saturated heterocycles. The van der Waals surface area contributed by atoms with Crippen LogP contribution < -0.4 is 15.4 Å². The molecule has 0 bridgehead atoms. The number of carbonyl (C=O) groups is 2. The molecule has 0 spiro atoms. The molecule has 2 atom stereocenters. The molecule has 2 amide bonds. The quantitative estimate of drug-likeness (QED) is 0.446. The number of nitrogens with two attached hydrogens (primary N) is 1. The maximum Gasteiger partial charge on any atom is 0.227 e. The van der Waals surface area contributed by atoms with Crippen molar-refractivity contribution in [3.05, 3.63) is 78.4 Å². The average molecular weight is 486 g/mol. The van der Waals surface area contributed by atoms with Crippen LogP contribution in [-0.2, 0) is 9.59 Å².